The molecular formula is C38H47N3O3S. The normalized spacial score (nSPS) is 29.2. The summed E-state index contributed by atoms with van der Waals surface area (Å²) in [4.78, 5) is 24.9. The molecule has 1 saturated heterocycles. The molecule has 6 nitrogen and oxygen atoms in total. The Morgan fingerprint density at radius 3 is 2.78 bits per heavy atom. The van der Waals surface area contributed by atoms with E-state index in [4.69, 9.17) is 4.99 Å². The lowest BCUT2D eigenvalue weighted by Crippen LogP contribution is -2.59. The van der Waals surface area contributed by atoms with Crippen LogP contribution < -0.4 is 0 Å². The number of ketones is 1. The van der Waals surface area contributed by atoms with Crippen molar-refractivity contribution in [2.24, 2.45) is 10.4 Å². The molecule has 2 aromatic carbocycles. The number of carbonyl (C=O) groups excluding carboxylic acids is 1. The van der Waals surface area contributed by atoms with Gasteiger partial charge < -0.3 is 20.0 Å². The molecule has 0 amide bonds. The van der Waals surface area contributed by atoms with E-state index in [9.17, 15) is 15.0 Å². The van der Waals surface area contributed by atoms with Crippen LogP contribution in [0, 0.1) is 5.41 Å². The summed E-state index contributed by atoms with van der Waals surface area (Å²) in [5.41, 5.74) is 2.70. The van der Waals surface area contributed by atoms with Gasteiger partial charge in [0.05, 0.1) is 23.1 Å². The highest BCUT2D eigenvalue weighted by atomic mass is 32.1. The second kappa shape index (κ2) is 12.3. The molecule has 5 aliphatic rings. The molecule has 45 heavy (non-hydrogen) atoms. The van der Waals surface area contributed by atoms with Gasteiger partial charge >= 0.3 is 0 Å². The molecule has 238 valence electrons. The van der Waals surface area contributed by atoms with Gasteiger partial charge in [-0.25, -0.2) is 0 Å². The zero-order valence-corrected chi connectivity index (χ0v) is 27.6. The lowest BCUT2D eigenvalue weighted by molar-refractivity contribution is -0.0772. The first-order valence-corrected chi connectivity index (χ1v) is 17.8. The van der Waals surface area contributed by atoms with Crippen LogP contribution in [0.2, 0.25) is 0 Å². The van der Waals surface area contributed by atoms with Crippen molar-refractivity contribution in [1.29, 1.82) is 0 Å². The minimum absolute atomic E-state index is 0.0284. The number of guanidine groups is 1. The second-order valence-electron chi connectivity index (χ2n) is 14.2. The van der Waals surface area contributed by atoms with E-state index in [0.29, 0.717) is 25.8 Å². The van der Waals surface area contributed by atoms with Crippen molar-refractivity contribution >= 4 is 33.2 Å². The lowest BCUT2D eigenvalue weighted by Gasteiger charge is -2.49. The van der Waals surface area contributed by atoms with Crippen LogP contribution in [0.3, 0.4) is 0 Å². The molecule has 1 aromatic heterocycles. The number of hydrogen-bond donors (Lipinski definition) is 2. The Kier molecular flexibility index (Phi) is 8.38. The molecule has 3 heterocycles. The van der Waals surface area contributed by atoms with Crippen molar-refractivity contribution in [2.75, 3.05) is 32.7 Å². The van der Waals surface area contributed by atoms with E-state index in [1.165, 1.54) is 5.57 Å². The summed E-state index contributed by atoms with van der Waals surface area (Å²) >= 11 is 1.55. The molecule has 2 bridgehead atoms. The van der Waals surface area contributed by atoms with E-state index in [1.54, 1.807) is 11.3 Å². The third-order valence-corrected chi connectivity index (χ3v) is 12.4. The maximum absolute atomic E-state index is 14.5. The van der Waals surface area contributed by atoms with Crippen LogP contribution in [-0.4, -0.2) is 76.2 Å². The predicted molar refractivity (Wildman–Crippen MR) is 183 cm³/mol. The van der Waals surface area contributed by atoms with E-state index < -0.39 is 17.1 Å². The molecule has 3 aromatic rings. The van der Waals surface area contributed by atoms with Gasteiger partial charge in [-0.15, -0.1) is 11.3 Å². The van der Waals surface area contributed by atoms with Gasteiger partial charge in [-0.3, -0.25) is 9.79 Å². The summed E-state index contributed by atoms with van der Waals surface area (Å²) < 4.78 is 1.11. The SMILES string of the molecule is CC1=CCCC2(C)C(CCC2(O)CN2CCCN3CCCN=C32)c2ccc(cc2C(=O)c2cc3ccccc3s2)CC(O)CC1. The maximum atomic E-state index is 14.5. The zero-order chi connectivity index (χ0) is 31.2. The number of benzene rings is 2. The number of thiophene rings is 1. The summed E-state index contributed by atoms with van der Waals surface area (Å²) in [7, 11) is 0. The van der Waals surface area contributed by atoms with E-state index in [0.717, 1.165) is 102 Å². The Morgan fingerprint density at radius 2 is 1.91 bits per heavy atom. The highest BCUT2D eigenvalue weighted by molar-refractivity contribution is 7.21. The summed E-state index contributed by atoms with van der Waals surface area (Å²) in [6.45, 7) is 8.89. The summed E-state index contributed by atoms with van der Waals surface area (Å²) in [5.74, 6) is 1.14. The van der Waals surface area contributed by atoms with Crippen LogP contribution in [-0.2, 0) is 6.42 Å². The predicted octanol–water partition coefficient (Wildman–Crippen LogP) is 6.94. The van der Waals surface area contributed by atoms with Gasteiger partial charge in [-0.1, -0.05) is 48.9 Å². The third kappa shape index (κ3) is 5.77. The molecule has 8 rings (SSSR count). The van der Waals surface area contributed by atoms with Crippen molar-refractivity contribution in [3.05, 3.63) is 81.7 Å². The Labute approximate surface area is 271 Å². The van der Waals surface area contributed by atoms with Gasteiger partial charge in [-0.2, -0.15) is 0 Å². The van der Waals surface area contributed by atoms with Gasteiger partial charge in [0, 0.05) is 41.9 Å². The Morgan fingerprint density at radius 1 is 1.07 bits per heavy atom. The maximum Gasteiger partial charge on any atom is 0.203 e. The van der Waals surface area contributed by atoms with Gasteiger partial charge in [0.1, 0.15) is 0 Å². The monoisotopic (exact) mass is 625 g/mol. The van der Waals surface area contributed by atoms with Crippen LogP contribution in [0.4, 0.5) is 0 Å². The van der Waals surface area contributed by atoms with Gasteiger partial charge in [0.15, 0.2) is 5.96 Å². The lowest BCUT2D eigenvalue weighted by atomic mass is 9.64. The fraction of sp³-hybridized carbons (Fsp3) is 0.526. The van der Waals surface area contributed by atoms with Crippen LogP contribution >= 0.6 is 11.3 Å². The van der Waals surface area contributed by atoms with Crippen molar-refractivity contribution in [2.45, 2.75) is 89.3 Å². The number of aliphatic hydroxyl groups excluding tert-OH is 1. The number of rotatable bonds is 4. The fourth-order valence-corrected chi connectivity index (χ4v) is 9.61. The molecule has 4 atom stereocenters. The number of aliphatic imine (C=N–C) groups is 1. The van der Waals surface area contributed by atoms with Crippen LogP contribution in [0.25, 0.3) is 10.1 Å². The molecule has 4 unspecified atom stereocenters. The number of aliphatic hydroxyl groups is 2. The van der Waals surface area contributed by atoms with Crippen molar-refractivity contribution < 1.29 is 15.0 Å². The summed E-state index contributed by atoms with van der Waals surface area (Å²) in [5, 5.41) is 24.9. The summed E-state index contributed by atoms with van der Waals surface area (Å²) in [6.07, 6.45) is 9.32. The van der Waals surface area contributed by atoms with E-state index >= 15 is 0 Å². The van der Waals surface area contributed by atoms with Crippen molar-refractivity contribution in [1.82, 2.24) is 9.80 Å². The minimum Gasteiger partial charge on any atom is -0.393 e. The average Bonchev–Trinajstić information content (AvgIpc) is 3.58. The van der Waals surface area contributed by atoms with Crippen molar-refractivity contribution in [3.8, 4) is 0 Å². The van der Waals surface area contributed by atoms with Crippen LogP contribution in [0.5, 0.6) is 0 Å². The molecule has 2 fully saturated rings. The summed E-state index contributed by atoms with van der Waals surface area (Å²) in [6, 6.07) is 16.5. The molecular weight excluding hydrogens is 579 g/mol. The first-order valence-electron chi connectivity index (χ1n) is 17.0. The molecule has 2 N–H and O–H groups in total. The Hall–Kier alpha value is -3.00. The number of β-amino-alcohol motifs (C(OH)–C–C–N with tert-alkyl or cyclic N) is 1. The van der Waals surface area contributed by atoms with Gasteiger partial charge in [0.2, 0.25) is 5.78 Å². The average molecular weight is 626 g/mol. The smallest absolute Gasteiger partial charge is 0.203 e. The number of allylic oxidation sites excluding steroid dienone is 2. The third-order valence-electron chi connectivity index (χ3n) is 11.3. The minimum atomic E-state index is -0.924. The molecule has 0 spiro atoms. The first kappa shape index (κ1) is 30.6. The first-order chi connectivity index (χ1) is 21.7. The largest absolute Gasteiger partial charge is 0.393 e. The molecule has 1 saturated carbocycles. The second-order valence-corrected chi connectivity index (χ2v) is 15.3. The molecule has 3 aliphatic carbocycles. The Bertz CT molecular complexity index is 1610. The van der Waals surface area contributed by atoms with E-state index in [-0.39, 0.29) is 11.7 Å². The van der Waals surface area contributed by atoms with Gasteiger partial charge in [0.25, 0.3) is 0 Å². The number of fused-ring (bicyclic) bond motifs is 10. The highest BCUT2D eigenvalue weighted by Gasteiger charge is 2.57. The number of nitrogens with zero attached hydrogens (tertiary/aromatic N) is 3. The highest BCUT2D eigenvalue weighted by Crippen LogP contribution is 2.59. The number of hydrogen-bond acceptors (Lipinski definition) is 7. The van der Waals surface area contributed by atoms with Gasteiger partial charge in [-0.05, 0) is 105 Å². The zero-order valence-electron chi connectivity index (χ0n) is 26.8. The topological polar surface area (TPSA) is 76.4 Å². The van der Waals surface area contributed by atoms with Crippen LogP contribution in [0.15, 0.2) is 65.2 Å². The van der Waals surface area contributed by atoms with E-state index in [1.807, 2.05) is 18.2 Å². The van der Waals surface area contributed by atoms with Crippen LogP contribution in [0.1, 0.15) is 97.5 Å². The molecule has 0 radical (unpaired) electrons. The number of carbonyl (C=O) groups is 1. The Balaban J connectivity index is 1.31. The van der Waals surface area contributed by atoms with E-state index in [2.05, 4.69) is 60.1 Å². The fourth-order valence-electron chi connectivity index (χ4n) is 8.59. The molecule has 2 aliphatic heterocycles. The van der Waals surface area contributed by atoms with Crippen molar-refractivity contribution in [3.63, 3.8) is 0 Å². The quantitative estimate of drug-likeness (QED) is 0.243. The standard InChI is InChI=1S/C38H47N3O3S/c1-26-8-5-16-37(2)32(15-17-38(37,44)25-41-21-7-20-40-19-6-18-39-36(40)41)30-14-12-27(22-29(42)13-11-26)23-31(30)35(43)34-24-28-9-3-4-10-33(28)45-34/h3-4,8-10,12,14,23-24,29,32,42,44H,5-7,11,13,15-22,25H2,1-2H3. The molecule has 7 heteroatoms.